The van der Waals surface area contributed by atoms with Crippen molar-refractivity contribution in [2.75, 3.05) is 6.54 Å². The molecule has 114 valence electrons. The first-order chi connectivity index (χ1) is 9.45. The van der Waals surface area contributed by atoms with Crippen molar-refractivity contribution in [3.63, 3.8) is 0 Å². The molecular weight excluding hydrogens is 284 g/mol. The minimum Gasteiger partial charge on any atom is -0.349 e. The minimum atomic E-state index is -0.543. The lowest BCUT2D eigenvalue weighted by Crippen LogP contribution is -2.42. The molecule has 0 spiro atoms. The van der Waals surface area contributed by atoms with Crippen LogP contribution in [0.1, 0.15) is 32.4 Å². The number of nitrogens with two attached hydrogens (primary N) is 1. The fraction of sp³-hybridized carbons (Fsp3) is 0.353. The summed E-state index contributed by atoms with van der Waals surface area (Å²) in [6.07, 6.45) is 0. The van der Waals surface area contributed by atoms with Crippen LogP contribution in [0.15, 0.2) is 42.5 Å². The van der Waals surface area contributed by atoms with Gasteiger partial charge in [-0.15, -0.1) is 12.4 Å². The van der Waals surface area contributed by atoms with Crippen LogP contribution >= 0.6 is 12.4 Å². The van der Waals surface area contributed by atoms with Gasteiger partial charge in [-0.25, -0.2) is 0 Å². The number of halogens is 1. The molecule has 0 aliphatic rings. The van der Waals surface area contributed by atoms with E-state index in [1.54, 1.807) is 0 Å². The molecule has 2 aromatic carbocycles. The maximum atomic E-state index is 12.2. The number of carbonyl (C=O) groups is 1. The Kier molecular flexibility index (Phi) is 5.76. The molecule has 4 heteroatoms. The van der Waals surface area contributed by atoms with Gasteiger partial charge >= 0.3 is 0 Å². The van der Waals surface area contributed by atoms with Crippen molar-refractivity contribution in [2.45, 2.75) is 26.8 Å². The Morgan fingerprint density at radius 1 is 1.19 bits per heavy atom. The number of hydrogen-bond donors (Lipinski definition) is 2. The maximum Gasteiger partial charge on any atom is 0.227 e. The molecule has 0 aromatic heterocycles. The number of hydrogen-bond acceptors (Lipinski definition) is 2. The smallest absolute Gasteiger partial charge is 0.227 e. The van der Waals surface area contributed by atoms with Gasteiger partial charge in [0.1, 0.15) is 0 Å². The van der Waals surface area contributed by atoms with Gasteiger partial charge in [-0.1, -0.05) is 42.5 Å². The van der Waals surface area contributed by atoms with Crippen molar-refractivity contribution in [2.24, 2.45) is 11.1 Å². The van der Waals surface area contributed by atoms with Gasteiger partial charge in [0.15, 0.2) is 0 Å². The van der Waals surface area contributed by atoms with Gasteiger partial charge in [-0.2, -0.15) is 0 Å². The van der Waals surface area contributed by atoms with Gasteiger partial charge in [0, 0.05) is 6.54 Å². The van der Waals surface area contributed by atoms with Crippen LogP contribution in [0.3, 0.4) is 0 Å². The zero-order valence-corrected chi connectivity index (χ0v) is 13.5. The van der Waals surface area contributed by atoms with Crippen molar-refractivity contribution in [1.82, 2.24) is 5.32 Å². The average Bonchev–Trinajstić information content (AvgIpc) is 2.46. The molecule has 0 saturated heterocycles. The van der Waals surface area contributed by atoms with E-state index in [9.17, 15) is 4.79 Å². The van der Waals surface area contributed by atoms with E-state index >= 15 is 0 Å². The van der Waals surface area contributed by atoms with Gasteiger partial charge in [-0.3, -0.25) is 4.79 Å². The maximum absolute atomic E-state index is 12.2. The summed E-state index contributed by atoms with van der Waals surface area (Å²) in [6.45, 7) is 6.06. The summed E-state index contributed by atoms with van der Waals surface area (Å²) < 4.78 is 0. The Hall–Kier alpha value is -1.58. The quantitative estimate of drug-likeness (QED) is 0.909. The van der Waals surface area contributed by atoms with Crippen LogP contribution in [0, 0.1) is 5.41 Å². The van der Waals surface area contributed by atoms with E-state index in [1.165, 1.54) is 10.8 Å². The van der Waals surface area contributed by atoms with E-state index in [-0.39, 0.29) is 24.4 Å². The van der Waals surface area contributed by atoms with Crippen molar-refractivity contribution in [3.05, 3.63) is 48.0 Å². The SMILES string of the molecule is CC(NC(=O)C(C)(C)CN)c1cccc2ccccc12.Cl. The molecule has 2 aromatic rings. The first kappa shape index (κ1) is 17.5. The predicted octanol–water partition coefficient (Wildman–Crippen LogP) is 3.42. The highest BCUT2D eigenvalue weighted by Crippen LogP contribution is 2.25. The Morgan fingerprint density at radius 2 is 1.81 bits per heavy atom. The first-order valence-corrected chi connectivity index (χ1v) is 6.94. The van der Waals surface area contributed by atoms with E-state index in [1.807, 2.05) is 39.0 Å². The van der Waals surface area contributed by atoms with Gasteiger partial charge in [0.2, 0.25) is 5.91 Å². The Bertz CT molecular complexity index is 620. The molecule has 3 N–H and O–H groups in total. The van der Waals surface area contributed by atoms with Crippen LogP contribution < -0.4 is 11.1 Å². The lowest BCUT2D eigenvalue weighted by atomic mass is 9.91. The van der Waals surface area contributed by atoms with Crippen LogP contribution in [0.4, 0.5) is 0 Å². The van der Waals surface area contributed by atoms with Crippen molar-refractivity contribution in [3.8, 4) is 0 Å². The number of benzene rings is 2. The monoisotopic (exact) mass is 306 g/mol. The van der Waals surface area contributed by atoms with Crippen molar-refractivity contribution >= 4 is 29.1 Å². The van der Waals surface area contributed by atoms with E-state index in [4.69, 9.17) is 5.73 Å². The number of fused-ring (bicyclic) bond motifs is 1. The van der Waals surface area contributed by atoms with Gasteiger partial charge in [0.25, 0.3) is 0 Å². The third-order valence-corrected chi connectivity index (χ3v) is 3.76. The molecule has 0 saturated carbocycles. The van der Waals surface area contributed by atoms with Crippen molar-refractivity contribution < 1.29 is 4.79 Å². The molecule has 1 unspecified atom stereocenters. The third kappa shape index (κ3) is 3.74. The van der Waals surface area contributed by atoms with Crippen LogP contribution in [-0.2, 0) is 4.79 Å². The van der Waals surface area contributed by atoms with E-state index < -0.39 is 5.41 Å². The predicted molar refractivity (Wildman–Crippen MR) is 90.6 cm³/mol. The largest absolute Gasteiger partial charge is 0.349 e. The third-order valence-electron chi connectivity index (χ3n) is 3.76. The summed E-state index contributed by atoms with van der Waals surface area (Å²) in [5, 5.41) is 5.42. The fourth-order valence-corrected chi connectivity index (χ4v) is 2.19. The summed E-state index contributed by atoms with van der Waals surface area (Å²) in [5.41, 5.74) is 6.24. The molecular formula is C17H23ClN2O. The summed E-state index contributed by atoms with van der Waals surface area (Å²) in [6, 6.07) is 14.3. The Labute approximate surface area is 132 Å². The Balaban J connectivity index is 0.00000220. The average molecular weight is 307 g/mol. The zero-order chi connectivity index (χ0) is 14.8. The molecule has 0 fully saturated rings. The van der Waals surface area contributed by atoms with E-state index in [2.05, 4.69) is 29.6 Å². The molecule has 3 nitrogen and oxygen atoms in total. The number of amides is 1. The molecule has 0 bridgehead atoms. The highest BCUT2D eigenvalue weighted by atomic mass is 35.5. The second kappa shape index (κ2) is 6.92. The number of carbonyl (C=O) groups excluding carboxylic acids is 1. The first-order valence-electron chi connectivity index (χ1n) is 6.94. The molecule has 0 aliphatic carbocycles. The Morgan fingerprint density at radius 3 is 2.48 bits per heavy atom. The molecule has 0 radical (unpaired) electrons. The second-order valence-corrected chi connectivity index (χ2v) is 5.85. The van der Waals surface area contributed by atoms with Crippen LogP contribution in [-0.4, -0.2) is 12.5 Å². The fourth-order valence-electron chi connectivity index (χ4n) is 2.19. The van der Waals surface area contributed by atoms with Gasteiger partial charge in [-0.05, 0) is 37.1 Å². The molecule has 1 atom stereocenters. The van der Waals surface area contributed by atoms with Crippen LogP contribution in [0.5, 0.6) is 0 Å². The normalized spacial score (nSPS) is 12.6. The second-order valence-electron chi connectivity index (χ2n) is 5.85. The van der Waals surface area contributed by atoms with Gasteiger partial charge < -0.3 is 11.1 Å². The van der Waals surface area contributed by atoms with Crippen LogP contribution in [0.2, 0.25) is 0 Å². The molecule has 0 heterocycles. The number of rotatable bonds is 4. The van der Waals surface area contributed by atoms with E-state index in [0.29, 0.717) is 6.54 Å². The summed E-state index contributed by atoms with van der Waals surface area (Å²) in [4.78, 5) is 12.2. The lowest BCUT2D eigenvalue weighted by molar-refractivity contribution is -0.129. The summed E-state index contributed by atoms with van der Waals surface area (Å²) in [7, 11) is 0. The topological polar surface area (TPSA) is 55.1 Å². The highest BCUT2D eigenvalue weighted by Gasteiger charge is 2.27. The summed E-state index contributed by atoms with van der Waals surface area (Å²) >= 11 is 0. The lowest BCUT2D eigenvalue weighted by Gasteiger charge is -2.25. The van der Waals surface area contributed by atoms with E-state index in [0.717, 1.165) is 5.56 Å². The molecule has 21 heavy (non-hydrogen) atoms. The van der Waals surface area contributed by atoms with Gasteiger partial charge in [0.05, 0.1) is 11.5 Å². The van der Waals surface area contributed by atoms with Crippen LogP contribution in [0.25, 0.3) is 10.8 Å². The molecule has 2 rings (SSSR count). The molecule has 0 aliphatic heterocycles. The summed E-state index contributed by atoms with van der Waals surface area (Å²) in [5.74, 6) is -0.0135. The standard InChI is InChI=1S/C17H22N2O.ClH/c1-12(19-16(20)17(2,3)11-18)14-10-6-8-13-7-4-5-9-15(13)14;/h4-10,12H,11,18H2,1-3H3,(H,19,20);1H. The molecule has 1 amide bonds. The minimum absolute atomic E-state index is 0. The number of nitrogens with one attached hydrogen (secondary N) is 1. The van der Waals surface area contributed by atoms with Crippen molar-refractivity contribution in [1.29, 1.82) is 0 Å². The highest BCUT2D eigenvalue weighted by molar-refractivity contribution is 5.87. The zero-order valence-electron chi connectivity index (χ0n) is 12.7.